The Kier molecular flexibility index (Phi) is 7.44. The van der Waals surface area contributed by atoms with Crippen molar-refractivity contribution >= 4 is 46.4 Å². The zero-order valence-electron chi connectivity index (χ0n) is 19.8. The van der Waals surface area contributed by atoms with Crippen molar-refractivity contribution in [2.75, 3.05) is 0 Å². The van der Waals surface area contributed by atoms with Crippen molar-refractivity contribution in [2.24, 2.45) is 15.2 Å². The predicted molar refractivity (Wildman–Crippen MR) is 149 cm³/mol. The molecule has 0 unspecified atom stereocenters. The van der Waals surface area contributed by atoms with Gasteiger partial charge in [0.2, 0.25) is 0 Å². The first-order chi connectivity index (χ1) is 18.1. The Bertz CT molecular complexity index is 1500. The Hall–Kier alpha value is -4.61. The van der Waals surface area contributed by atoms with Gasteiger partial charge >= 0.3 is 5.97 Å². The topological polar surface area (TPSA) is 63.4 Å². The van der Waals surface area contributed by atoms with Gasteiger partial charge in [0.15, 0.2) is 0 Å². The van der Waals surface area contributed by atoms with Gasteiger partial charge in [0.1, 0.15) is 5.75 Å². The maximum Gasteiger partial charge on any atom is 0.343 e. The summed E-state index contributed by atoms with van der Waals surface area (Å²) in [5.41, 5.74) is 5.99. The van der Waals surface area contributed by atoms with Crippen LogP contribution in [-0.4, -0.2) is 12.2 Å². The SMILES string of the molecule is O=C(Oc1ccc(C=Nc2ccc(N=Nc3ccc(Cl)cc3)cc2)cc1)c1ccc(C2=CC=CC2)cc1. The van der Waals surface area contributed by atoms with Crippen LogP contribution in [-0.2, 0) is 0 Å². The standard InChI is InChI=1S/C31H22ClN3O2/c32-26-11-13-28(14-12-26)34-35-29-17-15-27(16-18-29)33-21-22-5-19-30(20-6-22)37-31(36)25-9-7-24(8-10-25)23-3-1-2-4-23/h1-3,5-21H,4H2. The number of halogens is 1. The number of ether oxygens (including phenoxy) is 1. The van der Waals surface area contributed by atoms with Crippen LogP contribution in [0.2, 0.25) is 5.02 Å². The number of aliphatic imine (C=N–C) groups is 1. The minimum atomic E-state index is -0.389. The zero-order chi connectivity index (χ0) is 25.5. The fraction of sp³-hybridized carbons (Fsp3) is 0.0323. The maximum absolute atomic E-state index is 12.5. The van der Waals surface area contributed by atoms with Gasteiger partial charge < -0.3 is 4.74 Å². The monoisotopic (exact) mass is 503 g/mol. The molecule has 0 heterocycles. The number of azo groups is 1. The first kappa shape index (κ1) is 24.1. The number of carbonyl (C=O) groups excluding carboxylic acids is 1. The van der Waals surface area contributed by atoms with Crippen LogP contribution in [0, 0.1) is 0 Å². The van der Waals surface area contributed by atoms with Crippen molar-refractivity contribution < 1.29 is 9.53 Å². The Labute approximate surface area is 220 Å². The molecule has 1 aliphatic rings. The Morgan fingerprint density at radius 2 is 1.38 bits per heavy atom. The van der Waals surface area contributed by atoms with Crippen LogP contribution in [0.3, 0.4) is 0 Å². The summed E-state index contributed by atoms with van der Waals surface area (Å²) in [5, 5.41) is 9.08. The van der Waals surface area contributed by atoms with E-state index in [0.29, 0.717) is 16.3 Å². The van der Waals surface area contributed by atoms with Crippen LogP contribution in [0.5, 0.6) is 5.75 Å². The zero-order valence-corrected chi connectivity index (χ0v) is 20.5. The molecule has 0 saturated heterocycles. The summed E-state index contributed by atoms with van der Waals surface area (Å²) in [4.78, 5) is 17.0. The summed E-state index contributed by atoms with van der Waals surface area (Å²) in [7, 11) is 0. The van der Waals surface area contributed by atoms with Crippen molar-refractivity contribution in [3.63, 3.8) is 0 Å². The van der Waals surface area contributed by atoms with Crippen molar-refractivity contribution in [1.29, 1.82) is 0 Å². The predicted octanol–water partition coefficient (Wildman–Crippen LogP) is 9.07. The third-order valence-electron chi connectivity index (χ3n) is 5.67. The van der Waals surface area contributed by atoms with Crippen LogP contribution < -0.4 is 4.74 Å². The molecule has 0 N–H and O–H groups in total. The smallest absolute Gasteiger partial charge is 0.343 e. The molecule has 6 heteroatoms. The van der Waals surface area contributed by atoms with E-state index in [-0.39, 0.29) is 5.97 Å². The molecule has 4 aromatic carbocycles. The summed E-state index contributed by atoms with van der Waals surface area (Å²) in [6.07, 6.45) is 8.91. The second-order valence-corrected chi connectivity index (χ2v) is 8.75. The van der Waals surface area contributed by atoms with Gasteiger partial charge in [-0.15, -0.1) is 0 Å². The average molecular weight is 504 g/mol. The molecule has 0 saturated carbocycles. The largest absolute Gasteiger partial charge is 0.423 e. The summed E-state index contributed by atoms with van der Waals surface area (Å²) in [6.45, 7) is 0. The van der Waals surface area contributed by atoms with E-state index in [1.165, 1.54) is 5.57 Å². The first-order valence-electron chi connectivity index (χ1n) is 11.7. The lowest BCUT2D eigenvalue weighted by atomic mass is 10.0. The minimum absolute atomic E-state index is 0.389. The van der Waals surface area contributed by atoms with E-state index in [9.17, 15) is 4.79 Å². The number of hydrogen-bond donors (Lipinski definition) is 0. The molecule has 0 aromatic heterocycles. The summed E-state index contributed by atoms with van der Waals surface area (Å²) in [5.74, 6) is 0.0872. The van der Waals surface area contributed by atoms with Gasteiger partial charge in [0, 0.05) is 11.2 Å². The molecule has 37 heavy (non-hydrogen) atoms. The number of benzene rings is 4. The van der Waals surface area contributed by atoms with Gasteiger partial charge in [-0.1, -0.05) is 42.0 Å². The highest BCUT2D eigenvalue weighted by molar-refractivity contribution is 6.30. The summed E-state index contributed by atoms with van der Waals surface area (Å²) in [6, 6.07) is 29.3. The fourth-order valence-corrected chi connectivity index (χ4v) is 3.77. The lowest BCUT2D eigenvalue weighted by Gasteiger charge is -2.06. The van der Waals surface area contributed by atoms with Crippen LogP contribution in [0.1, 0.15) is 27.9 Å². The second-order valence-electron chi connectivity index (χ2n) is 8.31. The quantitative estimate of drug-likeness (QED) is 0.109. The van der Waals surface area contributed by atoms with E-state index < -0.39 is 0 Å². The molecule has 1 aliphatic carbocycles. The van der Waals surface area contributed by atoms with E-state index >= 15 is 0 Å². The number of carbonyl (C=O) groups is 1. The highest BCUT2D eigenvalue weighted by Gasteiger charge is 2.10. The molecule has 0 radical (unpaired) electrons. The molecule has 4 aromatic rings. The number of esters is 1. The van der Waals surface area contributed by atoms with Gasteiger partial charge in [-0.3, -0.25) is 4.99 Å². The molecule has 0 amide bonds. The van der Waals surface area contributed by atoms with E-state index in [4.69, 9.17) is 16.3 Å². The second kappa shape index (κ2) is 11.4. The Balaban J connectivity index is 1.15. The number of allylic oxidation sites excluding steroid dienone is 4. The molecule has 0 fully saturated rings. The molecule has 0 aliphatic heterocycles. The molecular weight excluding hydrogens is 482 g/mol. The third-order valence-corrected chi connectivity index (χ3v) is 5.93. The van der Waals surface area contributed by atoms with Crippen LogP contribution in [0.25, 0.3) is 5.57 Å². The molecule has 5 rings (SSSR count). The Morgan fingerprint density at radius 3 is 2.00 bits per heavy atom. The Morgan fingerprint density at radius 1 is 0.757 bits per heavy atom. The normalized spacial score (nSPS) is 12.8. The first-order valence-corrected chi connectivity index (χ1v) is 12.1. The third kappa shape index (κ3) is 6.54. The van der Waals surface area contributed by atoms with Gasteiger partial charge in [-0.25, -0.2) is 4.79 Å². The van der Waals surface area contributed by atoms with E-state index in [0.717, 1.165) is 34.6 Å². The molecular formula is C31H22ClN3O2. The maximum atomic E-state index is 12.5. The highest BCUT2D eigenvalue weighted by Crippen LogP contribution is 2.25. The van der Waals surface area contributed by atoms with Gasteiger partial charge in [-0.05, 0) is 108 Å². The molecule has 0 bridgehead atoms. The number of nitrogens with zero attached hydrogens (tertiary/aromatic N) is 3. The van der Waals surface area contributed by atoms with E-state index in [1.54, 1.807) is 54.7 Å². The van der Waals surface area contributed by atoms with Crippen molar-refractivity contribution in [3.8, 4) is 5.75 Å². The lowest BCUT2D eigenvalue weighted by Crippen LogP contribution is -2.08. The number of hydrogen-bond acceptors (Lipinski definition) is 5. The van der Waals surface area contributed by atoms with Crippen molar-refractivity contribution in [3.05, 3.63) is 137 Å². The van der Waals surface area contributed by atoms with Gasteiger partial charge in [0.05, 0.1) is 22.6 Å². The van der Waals surface area contributed by atoms with Crippen molar-refractivity contribution in [2.45, 2.75) is 6.42 Å². The van der Waals surface area contributed by atoms with Gasteiger partial charge in [-0.2, -0.15) is 10.2 Å². The van der Waals surface area contributed by atoms with Crippen LogP contribution in [0.15, 0.2) is 131 Å². The summed E-state index contributed by atoms with van der Waals surface area (Å²) < 4.78 is 5.52. The van der Waals surface area contributed by atoms with E-state index in [2.05, 4.69) is 27.4 Å². The van der Waals surface area contributed by atoms with Crippen LogP contribution >= 0.6 is 11.6 Å². The average Bonchev–Trinajstić information content (AvgIpc) is 3.48. The van der Waals surface area contributed by atoms with Crippen molar-refractivity contribution in [1.82, 2.24) is 0 Å². The summed E-state index contributed by atoms with van der Waals surface area (Å²) >= 11 is 5.88. The van der Waals surface area contributed by atoms with Gasteiger partial charge in [0.25, 0.3) is 0 Å². The molecule has 0 atom stereocenters. The fourth-order valence-electron chi connectivity index (χ4n) is 3.65. The lowest BCUT2D eigenvalue weighted by molar-refractivity contribution is 0.0734. The molecule has 5 nitrogen and oxygen atoms in total. The minimum Gasteiger partial charge on any atom is -0.423 e. The van der Waals surface area contributed by atoms with E-state index in [1.807, 2.05) is 54.6 Å². The van der Waals surface area contributed by atoms with Crippen LogP contribution in [0.4, 0.5) is 17.1 Å². The molecule has 0 spiro atoms. The molecule has 180 valence electrons. The number of rotatable bonds is 7. The highest BCUT2D eigenvalue weighted by atomic mass is 35.5.